The zero-order valence-corrected chi connectivity index (χ0v) is 14.6. The summed E-state index contributed by atoms with van der Waals surface area (Å²) in [7, 11) is 0. The standard InChI is InChI=1S/C22H16FN3O/c1-15-5-4-6-16(13-15)14-24-26-21(17-9-11-18(23)12-10-17)25-20-8-3-2-7-19(20)22(26)27/h2-14H,1H3. The first kappa shape index (κ1) is 16.8. The largest absolute Gasteiger partial charge is 0.282 e. The molecule has 0 aliphatic heterocycles. The molecule has 4 nitrogen and oxygen atoms in total. The molecule has 0 spiro atoms. The molecule has 0 radical (unpaired) electrons. The molecule has 0 saturated heterocycles. The number of para-hydroxylation sites is 1. The molecule has 1 heterocycles. The summed E-state index contributed by atoms with van der Waals surface area (Å²) < 4.78 is 14.6. The zero-order valence-electron chi connectivity index (χ0n) is 14.6. The molecular weight excluding hydrogens is 341 g/mol. The number of nitrogens with zero attached hydrogens (tertiary/aromatic N) is 3. The lowest BCUT2D eigenvalue weighted by Crippen LogP contribution is -2.20. The Morgan fingerprint density at radius 2 is 1.78 bits per heavy atom. The maximum absolute atomic E-state index is 13.3. The highest BCUT2D eigenvalue weighted by Gasteiger charge is 2.12. The van der Waals surface area contributed by atoms with E-state index in [2.05, 4.69) is 10.1 Å². The zero-order chi connectivity index (χ0) is 18.8. The van der Waals surface area contributed by atoms with Gasteiger partial charge in [0.15, 0.2) is 5.82 Å². The van der Waals surface area contributed by atoms with Crippen molar-refractivity contribution in [3.8, 4) is 11.4 Å². The molecule has 0 amide bonds. The van der Waals surface area contributed by atoms with Crippen LogP contribution in [0.1, 0.15) is 11.1 Å². The highest BCUT2D eigenvalue weighted by Crippen LogP contribution is 2.19. The lowest BCUT2D eigenvalue weighted by molar-refractivity contribution is 0.628. The van der Waals surface area contributed by atoms with Crippen LogP contribution in [0.3, 0.4) is 0 Å². The van der Waals surface area contributed by atoms with E-state index in [4.69, 9.17) is 0 Å². The van der Waals surface area contributed by atoms with Crippen LogP contribution < -0.4 is 5.56 Å². The van der Waals surface area contributed by atoms with Crippen molar-refractivity contribution in [3.63, 3.8) is 0 Å². The fourth-order valence-electron chi connectivity index (χ4n) is 2.89. The van der Waals surface area contributed by atoms with Gasteiger partial charge in [0.05, 0.1) is 17.1 Å². The molecule has 0 aliphatic carbocycles. The Kier molecular flexibility index (Phi) is 4.34. The molecule has 1 aromatic heterocycles. The van der Waals surface area contributed by atoms with Crippen LogP contribution in [-0.4, -0.2) is 15.9 Å². The van der Waals surface area contributed by atoms with Gasteiger partial charge in [0.2, 0.25) is 0 Å². The summed E-state index contributed by atoms with van der Waals surface area (Å²) >= 11 is 0. The number of benzene rings is 3. The number of hydrogen-bond donors (Lipinski definition) is 0. The highest BCUT2D eigenvalue weighted by atomic mass is 19.1. The van der Waals surface area contributed by atoms with Crippen molar-refractivity contribution in [1.29, 1.82) is 0 Å². The third-order valence-corrected chi connectivity index (χ3v) is 4.22. The Bertz CT molecular complexity index is 1210. The second kappa shape index (κ2) is 6.96. The van der Waals surface area contributed by atoms with E-state index in [9.17, 15) is 9.18 Å². The smallest absolute Gasteiger partial charge is 0.267 e. The molecule has 3 aromatic carbocycles. The van der Waals surface area contributed by atoms with E-state index in [-0.39, 0.29) is 11.4 Å². The van der Waals surface area contributed by atoms with Crippen molar-refractivity contribution in [3.05, 3.63) is 100 Å². The van der Waals surface area contributed by atoms with Crippen LogP contribution in [-0.2, 0) is 0 Å². The third-order valence-electron chi connectivity index (χ3n) is 4.22. The second-order valence-electron chi connectivity index (χ2n) is 6.24. The van der Waals surface area contributed by atoms with Gasteiger partial charge >= 0.3 is 0 Å². The summed E-state index contributed by atoms with van der Waals surface area (Å²) in [5.74, 6) is 0.0132. The molecule has 0 N–H and O–H groups in total. The molecule has 0 saturated carbocycles. The van der Waals surface area contributed by atoms with Gasteiger partial charge in [-0.05, 0) is 48.9 Å². The van der Waals surface area contributed by atoms with E-state index in [1.807, 2.05) is 37.3 Å². The molecule has 0 aliphatic rings. The van der Waals surface area contributed by atoms with Crippen LogP contribution in [0.15, 0.2) is 82.7 Å². The van der Waals surface area contributed by atoms with Gasteiger partial charge in [-0.2, -0.15) is 9.78 Å². The van der Waals surface area contributed by atoms with Crippen LogP contribution in [0.4, 0.5) is 4.39 Å². The van der Waals surface area contributed by atoms with Gasteiger partial charge in [-0.15, -0.1) is 0 Å². The Balaban J connectivity index is 1.93. The van der Waals surface area contributed by atoms with Crippen molar-refractivity contribution >= 4 is 17.1 Å². The number of aryl methyl sites for hydroxylation is 1. The Labute approximate surface area is 155 Å². The molecule has 4 rings (SSSR count). The Hall–Kier alpha value is -3.60. The maximum atomic E-state index is 13.3. The molecular formula is C22H16FN3O. The van der Waals surface area contributed by atoms with Gasteiger partial charge in [0.25, 0.3) is 5.56 Å². The fraction of sp³-hybridized carbons (Fsp3) is 0.0455. The van der Waals surface area contributed by atoms with Gasteiger partial charge in [0.1, 0.15) is 5.82 Å². The Morgan fingerprint density at radius 3 is 2.56 bits per heavy atom. The first-order valence-electron chi connectivity index (χ1n) is 8.50. The minimum absolute atomic E-state index is 0.274. The summed E-state index contributed by atoms with van der Waals surface area (Å²) in [4.78, 5) is 17.6. The SMILES string of the molecule is Cc1cccc(C=Nn2c(-c3ccc(F)cc3)nc3ccccc3c2=O)c1. The summed E-state index contributed by atoms with van der Waals surface area (Å²) in [6.07, 6.45) is 1.62. The molecule has 132 valence electrons. The quantitative estimate of drug-likeness (QED) is 0.511. The van der Waals surface area contributed by atoms with E-state index < -0.39 is 0 Å². The fourth-order valence-corrected chi connectivity index (χ4v) is 2.89. The molecule has 5 heteroatoms. The van der Waals surface area contributed by atoms with Crippen molar-refractivity contribution in [2.45, 2.75) is 6.92 Å². The predicted molar refractivity (Wildman–Crippen MR) is 106 cm³/mol. The highest BCUT2D eigenvalue weighted by molar-refractivity contribution is 5.82. The number of fused-ring (bicyclic) bond motifs is 1. The van der Waals surface area contributed by atoms with Gasteiger partial charge in [-0.1, -0.05) is 42.0 Å². The van der Waals surface area contributed by atoms with Crippen molar-refractivity contribution in [2.24, 2.45) is 5.10 Å². The van der Waals surface area contributed by atoms with Crippen LogP contribution in [0, 0.1) is 12.7 Å². The lowest BCUT2D eigenvalue weighted by atomic mass is 10.1. The molecule has 0 unspecified atom stereocenters. The van der Waals surface area contributed by atoms with Crippen LogP contribution in [0.25, 0.3) is 22.3 Å². The monoisotopic (exact) mass is 357 g/mol. The maximum Gasteiger partial charge on any atom is 0.282 e. The number of halogens is 1. The normalized spacial score (nSPS) is 11.3. The van der Waals surface area contributed by atoms with E-state index >= 15 is 0 Å². The molecule has 27 heavy (non-hydrogen) atoms. The van der Waals surface area contributed by atoms with E-state index in [0.29, 0.717) is 22.3 Å². The van der Waals surface area contributed by atoms with Gasteiger partial charge in [0, 0.05) is 5.56 Å². The minimum atomic E-state index is -0.350. The van der Waals surface area contributed by atoms with Crippen molar-refractivity contribution in [1.82, 2.24) is 9.66 Å². The van der Waals surface area contributed by atoms with Gasteiger partial charge < -0.3 is 0 Å². The summed E-state index contributed by atoms with van der Waals surface area (Å²) in [5, 5.41) is 4.87. The predicted octanol–water partition coefficient (Wildman–Crippen LogP) is 4.39. The average Bonchev–Trinajstić information content (AvgIpc) is 2.68. The van der Waals surface area contributed by atoms with Crippen molar-refractivity contribution in [2.75, 3.05) is 0 Å². The van der Waals surface area contributed by atoms with E-state index in [0.717, 1.165) is 11.1 Å². The number of aromatic nitrogens is 2. The van der Waals surface area contributed by atoms with Crippen LogP contribution in [0.2, 0.25) is 0 Å². The van der Waals surface area contributed by atoms with E-state index in [1.165, 1.54) is 16.8 Å². The second-order valence-corrected chi connectivity index (χ2v) is 6.24. The summed E-state index contributed by atoms with van der Waals surface area (Å²) in [5.41, 5.74) is 2.88. The molecule has 0 bridgehead atoms. The molecule has 0 atom stereocenters. The first-order chi connectivity index (χ1) is 13.1. The lowest BCUT2D eigenvalue weighted by Gasteiger charge is -2.09. The molecule has 4 aromatic rings. The van der Waals surface area contributed by atoms with Crippen LogP contribution >= 0.6 is 0 Å². The minimum Gasteiger partial charge on any atom is -0.267 e. The van der Waals surface area contributed by atoms with Crippen LogP contribution in [0.5, 0.6) is 0 Å². The van der Waals surface area contributed by atoms with E-state index in [1.54, 1.807) is 36.5 Å². The topological polar surface area (TPSA) is 47.2 Å². The summed E-state index contributed by atoms with van der Waals surface area (Å²) in [6, 6.07) is 20.8. The van der Waals surface area contributed by atoms with Gasteiger partial charge in [-0.3, -0.25) is 4.79 Å². The number of rotatable bonds is 3. The molecule has 0 fully saturated rings. The summed E-state index contributed by atoms with van der Waals surface area (Å²) in [6.45, 7) is 1.99. The number of hydrogen-bond acceptors (Lipinski definition) is 3. The Morgan fingerprint density at radius 1 is 1.00 bits per heavy atom. The average molecular weight is 357 g/mol. The van der Waals surface area contributed by atoms with Gasteiger partial charge in [-0.25, -0.2) is 9.37 Å². The van der Waals surface area contributed by atoms with Crippen molar-refractivity contribution < 1.29 is 4.39 Å². The first-order valence-corrected chi connectivity index (χ1v) is 8.50. The third kappa shape index (κ3) is 3.40.